The molecule has 6 nitrogen and oxygen atoms in total. The van der Waals surface area contributed by atoms with Gasteiger partial charge in [-0.3, -0.25) is 9.69 Å². The Bertz CT molecular complexity index is 577. The number of piperazine rings is 1. The van der Waals surface area contributed by atoms with Crippen molar-refractivity contribution < 1.29 is 4.79 Å². The Morgan fingerprint density at radius 2 is 1.79 bits per heavy atom. The molecule has 1 aromatic heterocycles. The summed E-state index contributed by atoms with van der Waals surface area (Å²) in [5, 5.41) is 0. The number of likely N-dealkylation sites (tertiary alicyclic amines) is 1. The summed E-state index contributed by atoms with van der Waals surface area (Å²) in [5.41, 5.74) is 1.09. The number of amides is 1. The van der Waals surface area contributed by atoms with Crippen LogP contribution in [0.1, 0.15) is 38.2 Å². The summed E-state index contributed by atoms with van der Waals surface area (Å²) < 4.78 is 0. The molecule has 0 saturated carbocycles. The molecule has 0 radical (unpaired) electrons. The third-order valence-corrected chi connectivity index (χ3v) is 5.20. The van der Waals surface area contributed by atoms with Gasteiger partial charge in [-0.15, -0.1) is 0 Å². The highest BCUT2D eigenvalue weighted by Crippen LogP contribution is 2.18. The van der Waals surface area contributed by atoms with Gasteiger partial charge in [0.05, 0.1) is 6.04 Å². The molecule has 2 saturated heterocycles. The molecule has 2 fully saturated rings. The summed E-state index contributed by atoms with van der Waals surface area (Å²) in [4.78, 5) is 28.3. The molecule has 0 spiro atoms. The molecule has 0 aromatic carbocycles. The standard InChI is InChI=1S/C18H29N5O/c1-4-16-13-17(20-15(3)19-16)22-11-9-21(10-12-22)14(2)18(24)23-7-5-6-8-23/h13-14H,4-12H2,1-3H3. The summed E-state index contributed by atoms with van der Waals surface area (Å²) >= 11 is 0. The Hall–Kier alpha value is -1.69. The Morgan fingerprint density at radius 3 is 2.42 bits per heavy atom. The van der Waals surface area contributed by atoms with Gasteiger partial charge in [0.1, 0.15) is 11.6 Å². The van der Waals surface area contributed by atoms with Crippen molar-refractivity contribution in [2.45, 2.75) is 46.1 Å². The summed E-state index contributed by atoms with van der Waals surface area (Å²) in [6.07, 6.45) is 3.23. The smallest absolute Gasteiger partial charge is 0.239 e. The Balaban J connectivity index is 1.59. The van der Waals surface area contributed by atoms with E-state index in [0.29, 0.717) is 5.91 Å². The van der Waals surface area contributed by atoms with Crippen LogP contribution in [0.4, 0.5) is 5.82 Å². The van der Waals surface area contributed by atoms with E-state index in [2.05, 4.69) is 39.7 Å². The molecule has 3 heterocycles. The van der Waals surface area contributed by atoms with Crippen LogP contribution in [-0.2, 0) is 11.2 Å². The monoisotopic (exact) mass is 331 g/mol. The molecule has 1 unspecified atom stereocenters. The summed E-state index contributed by atoms with van der Waals surface area (Å²) in [5.74, 6) is 2.16. The average molecular weight is 331 g/mol. The molecule has 0 aliphatic carbocycles. The van der Waals surface area contributed by atoms with Crippen molar-refractivity contribution in [2.75, 3.05) is 44.2 Å². The summed E-state index contributed by atoms with van der Waals surface area (Å²) in [6.45, 7) is 11.6. The average Bonchev–Trinajstić information content (AvgIpc) is 3.14. The number of rotatable bonds is 4. The van der Waals surface area contributed by atoms with Crippen molar-refractivity contribution in [2.24, 2.45) is 0 Å². The SMILES string of the molecule is CCc1cc(N2CCN(C(C)C(=O)N3CCCC3)CC2)nc(C)n1. The van der Waals surface area contributed by atoms with Gasteiger partial charge in [0, 0.05) is 51.0 Å². The molecule has 132 valence electrons. The van der Waals surface area contributed by atoms with Crippen molar-refractivity contribution >= 4 is 11.7 Å². The van der Waals surface area contributed by atoms with Crippen molar-refractivity contribution in [3.63, 3.8) is 0 Å². The van der Waals surface area contributed by atoms with E-state index < -0.39 is 0 Å². The maximum Gasteiger partial charge on any atom is 0.239 e. The number of anilines is 1. The van der Waals surface area contributed by atoms with Gasteiger partial charge in [0.15, 0.2) is 0 Å². The molecule has 6 heteroatoms. The van der Waals surface area contributed by atoms with Crippen LogP contribution in [0.5, 0.6) is 0 Å². The van der Waals surface area contributed by atoms with E-state index in [1.165, 1.54) is 0 Å². The zero-order valence-corrected chi connectivity index (χ0v) is 15.2. The maximum atomic E-state index is 12.6. The Kier molecular flexibility index (Phi) is 5.33. The number of hydrogen-bond donors (Lipinski definition) is 0. The molecule has 24 heavy (non-hydrogen) atoms. The molecule has 3 rings (SSSR count). The second kappa shape index (κ2) is 7.47. The number of nitrogens with zero attached hydrogens (tertiary/aromatic N) is 5. The fourth-order valence-electron chi connectivity index (χ4n) is 3.65. The van der Waals surface area contributed by atoms with Crippen LogP contribution < -0.4 is 4.90 Å². The first kappa shape index (κ1) is 17.1. The summed E-state index contributed by atoms with van der Waals surface area (Å²) in [6, 6.07) is 2.09. The van der Waals surface area contributed by atoms with Crippen LogP contribution in [0.15, 0.2) is 6.07 Å². The van der Waals surface area contributed by atoms with Crippen LogP contribution in [0.2, 0.25) is 0 Å². The molecule has 2 aliphatic heterocycles. The van der Waals surface area contributed by atoms with Gasteiger partial charge in [0.2, 0.25) is 5.91 Å². The van der Waals surface area contributed by atoms with Gasteiger partial charge in [0.25, 0.3) is 0 Å². The first-order valence-corrected chi connectivity index (χ1v) is 9.21. The van der Waals surface area contributed by atoms with Crippen molar-refractivity contribution in [1.29, 1.82) is 0 Å². The molecule has 2 aliphatic rings. The van der Waals surface area contributed by atoms with Gasteiger partial charge in [-0.1, -0.05) is 6.92 Å². The highest BCUT2D eigenvalue weighted by molar-refractivity contribution is 5.81. The van der Waals surface area contributed by atoms with Gasteiger partial charge in [-0.25, -0.2) is 9.97 Å². The zero-order chi connectivity index (χ0) is 17.1. The van der Waals surface area contributed by atoms with Crippen LogP contribution in [0.25, 0.3) is 0 Å². The lowest BCUT2D eigenvalue weighted by molar-refractivity contribution is -0.135. The zero-order valence-electron chi connectivity index (χ0n) is 15.2. The Labute approximate surface area is 144 Å². The van der Waals surface area contributed by atoms with E-state index in [9.17, 15) is 4.79 Å². The minimum absolute atomic E-state index is 0.0106. The first-order chi connectivity index (χ1) is 11.6. The van der Waals surface area contributed by atoms with Gasteiger partial charge in [-0.2, -0.15) is 0 Å². The van der Waals surface area contributed by atoms with Crippen molar-refractivity contribution in [3.05, 3.63) is 17.6 Å². The number of hydrogen-bond acceptors (Lipinski definition) is 5. The van der Waals surface area contributed by atoms with Gasteiger partial charge in [-0.05, 0) is 33.1 Å². The Morgan fingerprint density at radius 1 is 1.12 bits per heavy atom. The molecular weight excluding hydrogens is 302 g/mol. The third-order valence-electron chi connectivity index (χ3n) is 5.20. The van der Waals surface area contributed by atoms with E-state index in [1.54, 1.807) is 0 Å². The fraction of sp³-hybridized carbons (Fsp3) is 0.722. The quantitative estimate of drug-likeness (QED) is 0.836. The lowest BCUT2D eigenvalue weighted by Crippen LogP contribution is -2.54. The number of aromatic nitrogens is 2. The number of carbonyl (C=O) groups is 1. The van der Waals surface area contributed by atoms with Gasteiger partial charge < -0.3 is 9.80 Å². The molecule has 1 amide bonds. The van der Waals surface area contributed by atoms with E-state index in [-0.39, 0.29) is 6.04 Å². The van der Waals surface area contributed by atoms with Crippen molar-refractivity contribution in [1.82, 2.24) is 19.8 Å². The molecule has 0 N–H and O–H groups in total. The van der Waals surface area contributed by atoms with Crippen LogP contribution >= 0.6 is 0 Å². The predicted octanol–water partition coefficient (Wildman–Crippen LogP) is 1.48. The highest BCUT2D eigenvalue weighted by atomic mass is 16.2. The lowest BCUT2D eigenvalue weighted by atomic mass is 10.2. The normalized spacial score (nSPS) is 20.5. The van der Waals surface area contributed by atoms with Gasteiger partial charge >= 0.3 is 0 Å². The topological polar surface area (TPSA) is 52.6 Å². The van der Waals surface area contributed by atoms with Crippen LogP contribution in [-0.4, -0.2) is 71.0 Å². The van der Waals surface area contributed by atoms with Crippen LogP contribution in [0.3, 0.4) is 0 Å². The van der Waals surface area contributed by atoms with E-state index in [0.717, 1.165) is 75.9 Å². The van der Waals surface area contributed by atoms with E-state index in [4.69, 9.17) is 0 Å². The lowest BCUT2D eigenvalue weighted by Gasteiger charge is -2.39. The minimum Gasteiger partial charge on any atom is -0.354 e. The highest BCUT2D eigenvalue weighted by Gasteiger charge is 2.30. The molecule has 0 bridgehead atoms. The molecular formula is C18H29N5O. The number of aryl methyl sites for hydroxylation is 2. The summed E-state index contributed by atoms with van der Waals surface area (Å²) in [7, 11) is 0. The fourth-order valence-corrected chi connectivity index (χ4v) is 3.65. The van der Waals surface area contributed by atoms with Crippen LogP contribution in [0, 0.1) is 6.92 Å². The van der Waals surface area contributed by atoms with E-state index in [1.807, 2.05) is 11.8 Å². The predicted molar refractivity (Wildman–Crippen MR) is 95.2 cm³/mol. The second-order valence-electron chi connectivity index (χ2n) is 6.85. The van der Waals surface area contributed by atoms with Crippen molar-refractivity contribution in [3.8, 4) is 0 Å². The molecule has 1 atom stereocenters. The number of carbonyl (C=O) groups excluding carboxylic acids is 1. The van der Waals surface area contributed by atoms with E-state index >= 15 is 0 Å². The maximum absolute atomic E-state index is 12.6. The largest absolute Gasteiger partial charge is 0.354 e. The minimum atomic E-state index is -0.0106. The molecule has 1 aromatic rings. The first-order valence-electron chi connectivity index (χ1n) is 9.21. The third kappa shape index (κ3) is 3.69. The second-order valence-corrected chi connectivity index (χ2v) is 6.85.